The van der Waals surface area contributed by atoms with E-state index in [0.29, 0.717) is 12.4 Å². The van der Waals surface area contributed by atoms with Crippen molar-refractivity contribution in [1.82, 2.24) is 4.90 Å². The summed E-state index contributed by atoms with van der Waals surface area (Å²) in [4.78, 5) is 4.70. The average molecular weight is 347 g/mol. The van der Waals surface area contributed by atoms with Crippen LogP contribution in [0.1, 0.15) is 12.5 Å². The van der Waals surface area contributed by atoms with Gasteiger partial charge in [-0.05, 0) is 31.2 Å². The van der Waals surface area contributed by atoms with E-state index in [4.69, 9.17) is 16.3 Å². The van der Waals surface area contributed by atoms with Crippen molar-refractivity contribution in [2.45, 2.75) is 13.5 Å². The molecule has 4 nitrogen and oxygen atoms in total. The summed E-state index contributed by atoms with van der Waals surface area (Å²) < 4.78 is 5.46. The van der Waals surface area contributed by atoms with Crippen LogP contribution >= 0.6 is 11.6 Å². The van der Waals surface area contributed by atoms with Crippen molar-refractivity contribution in [3.05, 3.63) is 53.1 Å². The number of phenolic OH excluding ortho intramolecular Hbond substituents is 1. The van der Waals surface area contributed by atoms with Crippen LogP contribution < -0.4 is 9.64 Å². The Labute approximate surface area is 148 Å². The number of anilines is 1. The Hall–Kier alpha value is -1.91. The molecule has 1 saturated heterocycles. The first-order chi connectivity index (χ1) is 11.7. The fourth-order valence-electron chi connectivity index (χ4n) is 3.05. The molecule has 0 saturated carbocycles. The average Bonchev–Trinajstić information content (AvgIpc) is 2.59. The van der Waals surface area contributed by atoms with Crippen LogP contribution in [0.5, 0.6) is 11.5 Å². The maximum atomic E-state index is 10.3. The van der Waals surface area contributed by atoms with Gasteiger partial charge in [0.15, 0.2) is 11.5 Å². The lowest BCUT2D eigenvalue weighted by Gasteiger charge is -2.36. The minimum atomic E-state index is 0.261. The second kappa shape index (κ2) is 7.77. The quantitative estimate of drug-likeness (QED) is 0.894. The van der Waals surface area contributed by atoms with E-state index in [2.05, 4.69) is 15.9 Å². The van der Waals surface area contributed by atoms with E-state index in [0.717, 1.165) is 43.3 Å². The van der Waals surface area contributed by atoms with Crippen LogP contribution in [0.25, 0.3) is 0 Å². The van der Waals surface area contributed by atoms with Gasteiger partial charge in [0.1, 0.15) is 0 Å². The maximum Gasteiger partial charge on any atom is 0.162 e. The van der Waals surface area contributed by atoms with Crippen LogP contribution in [0.4, 0.5) is 5.69 Å². The summed E-state index contributed by atoms with van der Waals surface area (Å²) in [7, 11) is 0. The van der Waals surface area contributed by atoms with Gasteiger partial charge in [-0.1, -0.05) is 29.8 Å². The van der Waals surface area contributed by atoms with Crippen LogP contribution in [-0.2, 0) is 6.54 Å². The van der Waals surface area contributed by atoms with Crippen molar-refractivity contribution in [1.29, 1.82) is 0 Å². The zero-order chi connectivity index (χ0) is 16.9. The van der Waals surface area contributed by atoms with Crippen LogP contribution in [-0.4, -0.2) is 42.8 Å². The third-order valence-electron chi connectivity index (χ3n) is 4.32. The van der Waals surface area contributed by atoms with Crippen LogP contribution in [0.3, 0.4) is 0 Å². The Morgan fingerprint density at radius 1 is 1.08 bits per heavy atom. The summed E-state index contributed by atoms with van der Waals surface area (Å²) in [5.41, 5.74) is 2.08. The Balaban J connectivity index is 1.61. The number of rotatable bonds is 5. The van der Waals surface area contributed by atoms with Crippen LogP contribution in [0, 0.1) is 0 Å². The number of hydrogen-bond acceptors (Lipinski definition) is 4. The van der Waals surface area contributed by atoms with Crippen molar-refractivity contribution in [3.8, 4) is 11.5 Å². The highest BCUT2D eigenvalue weighted by Gasteiger charge is 2.19. The number of aromatic hydroxyl groups is 1. The van der Waals surface area contributed by atoms with Gasteiger partial charge < -0.3 is 14.7 Å². The summed E-state index contributed by atoms with van der Waals surface area (Å²) in [6.07, 6.45) is 0. The van der Waals surface area contributed by atoms with Crippen molar-refractivity contribution in [2.24, 2.45) is 0 Å². The van der Waals surface area contributed by atoms with Gasteiger partial charge >= 0.3 is 0 Å². The van der Waals surface area contributed by atoms with Gasteiger partial charge in [-0.2, -0.15) is 0 Å². The number of ether oxygens (including phenoxy) is 1. The number of benzene rings is 2. The Kier molecular flexibility index (Phi) is 5.48. The lowest BCUT2D eigenvalue weighted by molar-refractivity contribution is 0.244. The highest BCUT2D eigenvalue weighted by Crippen LogP contribution is 2.31. The monoisotopic (exact) mass is 346 g/mol. The number of phenols is 1. The predicted octanol–water partition coefficient (Wildman–Crippen LogP) is 3.77. The van der Waals surface area contributed by atoms with Gasteiger partial charge in [0, 0.05) is 49.0 Å². The first-order valence-corrected chi connectivity index (χ1v) is 8.71. The molecule has 0 aromatic heterocycles. The first kappa shape index (κ1) is 16.9. The summed E-state index contributed by atoms with van der Waals surface area (Å²) in [5, 5.41) is 11.1. The van der Waals surface area contributed by atoms with Gasteiger partial charge in [-0.15, -0.1) is 0 Å². The lowest BCUT2D eigenvalue weighted by atomic mass is 10.1. The molecule has 1 fully saturated rings. The molecule has 0 aliphatic carbocycles. The minimum Gasteiger partial charge on any atom is -0.504 e. The molecule has 1 aliphatic rings. The smallest absolute Gasteiger partial charge is 0.162 e. The molecule has 0 unspecified atom stereocenters. The summed E-state index contributed by atoms with van der Waals surface area (Å²) in [6, 6.07) is 13.7. The molecule has 0 bridgehead atoms. The van der Waals surface area contributed by atoms with E-state index in [-0.39, 0.29) is 5.75 Å². The number of para-hydroxylation sites is 1. The second-order valence-electron chi connectivity index (χ2n) is 5.94. The molecule has 2 aromatic rings. The zero-order valence-corrected chi connectivity index (χ0v) is 14.7. The largest absolute Gasteiger partial charge is 0.504 e. The number of hydrogen-bond donors (Lipinski definition) is 1. The highest BCUT2D eigenvalue weighted by atomic mass is 35.5. The van der Waals surface area contributed by atoms with E-state index in [1.54, 1.807) is 6.07 Å². The molecule has 1 aliphatic heterocycles. The normalized spacial score (nSPS) is 15.5. The number of nitrogens with zero attached hydrogens (tertiary/aromatic N) is 2. The fourth-order valence-corrected chi connectivity index (χ4v) is 3.23. The Bertz CT molecular complexity index is 685. The molecule has 128 valence electrons. The third kappa shape index (κ3) is 3.94. The van der Waals surface area contributed by atoms with Gasteiger partial charge in [0.25, 0.3) is 0 Å². The highest BCUT2D eigenvalue weighted by molar-refractivity contribution is 6.30. The number of piperazine rings is 1. The Morgan fingerprint density at radius 2 is 1.83 bits per heavy atom. The standard InChI is InChI=1S/C19H23ClN2O2/c1-2-24-18-8-3-5-15(19(18)23)14-21-9-11-22(12-10-21)17-7-4-6-16(20)13-17/h3-8,13,23H,2,9-12,14H2,1H3. The maximum absolute atomic E-state index is 10.3. The molecular weight excluding hydrogens is 324 g/mol. The van der Waals surface area contributed by atoms with Crippen LogP contribution in [0.2, 0.25) is 5.02 Å². The predicted molar refractivity (Wildman–Crippen MR) is 98.2 cm³/mol. The van der Waals surface area contributed by atoms with Gasteiger partial charge in [-0.3, -0.25) is 4.90 Å². The number of halogens is 1. The molecule has 0 spiro atoms. The summed E-state index contributed by atoms with van der Waals surface area (Å²) in [6.45, 7) is 7.00. The molecule has 0 amide bonds. The zero-order valence-electron chi connectivity index (χ0n) is 13.9. The molecule has 3 rings (SSSR count). The summed E-state index contributed by atoms with van der Waals surface area (Å²) in [5.74, 6) is 0.823. The van der Waals surface area contributed by atoms with Crippen LogP contribution in [0.15, 0.2) is 42.5 Å². The Morgan fingerprint density at radius 3 is 2.54 bits per heavy atom. The lowest BCUT2D eigenvalue weighted by Crippen LogP contribution is -2.45. The van der Waals surface area contributed by atoms with E-state index in [9.17, 15) is 5.11 Å². The van der Waals surface area contributed by atoms with E-state index >= 15 is 0 Å². The van der Waals surface area contributed by atoms with Crippen molar-refractivity contribution < 1.29 is 9.84 Å². The van der Waals surface area contributed by atoms with Crippen molar-refractivity contribution >= 4 is 17.3 Å². The molecule has 1 heterocycles. The van der Waals surface area contributed by atoms with Crippen molar-refractivity contribution in [2.75, 3.05) is 37.7 Å². The molecule has 5 heteroatoms. The third-order valence-corrected chi connectivity index (χ3v) is 4.56. The first-order valence-electron chi connectivity index (χ1n) is 8.34. The summed E-state index contributed by atoms with van der Waals surface area (Å²) >= 11 is 6.08. The van der Waals surface area contributed by atoms with Crippen molar-refractivity contribution in [3.63, 3.8) is 0 Å². The minimum absolute atomic E-state index is 0.261. The fraction of sp³-hybridized carbons (Fsp3) is 0.368. The molecule has 2 aromatic carbocycles. The van der Waals surface area contributed by atoms with E-state index < -0.39 is 0 Å². The molecule has 0 radical (unpaired) electrons. The van der Waals surface area contributed by atoms with E-state index in [1.807, 2.05) is 37.3 Å². The van der Waals surface area contributed by atoms with Gasteiger partial charge in [0.05, 0.1) is 6.61 Å². The SMILES string of the molecule is CCOc1cccc(CN2CCN(c3cccc(Cl)c3)CC2)c1O. The molecular formula is C19H23ClN2O2. The van der Waals surface area contributed by atoms with E-state index in [1.165, 1.54) is 5.69 Å². The molecule has 0 atom stereocenters. The van der Waals surface area contributed by atoms with Gasteiger partial charge in [-0.25, -0.2) is 0 Å². The molecule has 24 heavy (non-hydrogen) atoms. The topological polar surface area (TPSA) is 35.9 Å². The van der Waals surface area contributed by atoms with Gasteiger partial charge in [0.2, 0.25) is 0 Å². The molecule has 1 N–H and O–H groups in total. The second-order valence-corrected chi connectivity index (χ2v) is 6.38.